The van der Waals surface area contributed by atoms with Crippen molar-refractivity contribution in [2.75, 3.05) is 13.7 Å². The molecular weight excluding hydrogens is 292 g/mol. The Morgan fingerprint density at radius 3 is 2.43 bits per heavy atom. The van der Waals surface area contributed by atoms with E-state index in [-0.39, 0.29) is 21.8 Å². The van der Waals surface area contributed by atoms with Crippen LogP contribution in [-0.2, 0) is 10.0 Å². The first-order chi connectivity index (χ1) is 9.54. The lowest BCUT2D eigenvalue weighted by molar-refractivity contribution is 0.0946. The molecule has 0 saturated carbocycles. The second-order valence-corrected chi connectivity index (χ2v) is 7.54. The Labute approximate surface area is 125 Å². The standard InChI is InChI=1S/C14H22N2O4S/c1-14(2,3)7-8-16-13(17)11-9-10(21(15,18)19)5-6-12(11)20-4/h5-6,9H,7-8H2,1-4H3,(H,16,17)(H2,15,18,19). The Morgan fingerprint density at radius 1 is 1.33 bits per heavy atom. The van der Waals surface area contributed by atoms with E-state index >= 15 is 0 Å². The van der Waals surface area contributed by atoms with Gasteiger partial charge < -0.3 is 10.1 Å². The number of benzene rings is 1. The molecule has 0 aliphatic carbocycles. The van der Waals surface area contributed by atoms with E-state index in [2.05, 4.69) is 26.1 Å². The molecule has 0 aliphatic rings. The monoisotopic (exact) mass is 314 g/mol. The quantitative estimate of drug-likeness (QED) is 0.860. The van der Waals surface area contributed by atoms with Crippen LogP contribution in [-0.4, -0.2) is 28.0 Å². The summed E-state index contributed by atoms with van der Waals surface area (Å²) in [5, 5.41) is 7.83. The summed E-state index contributed by atoms with van der Waals surface area (Å²) < 4.78 is 27.8. The highest BCUT2D eigenvalue weighted by Crippen LogP contribution is 2.22. The predicted molar refractivity (Wildman–Crippen MR) is 80.8 cm³/mol. The first-order valence-corrected chi connectivity index (χ1v) is 8.08. The molecule has 0 radical (unpaired) electrons. The highest BCUT2D eigenvalue weighted by atomic mass is 32.2. The van der Waals surface area contributed by atoms with E-state index in [1.54, 1.807) is 0 Å². The average molecular weight is 314 g/mol. The molecule has 0 aliphatic heterocycles. The van der Waals surface area contributed by atoms with E-state index in [9.17, 15) is 13.2 Å². The van der Waals surface area contributed by atoms with E-state index in [0.717, 1.165) is 6.42 Å². The summed E-state index contributed by atoms with van der Waals surface area (Å²) in [6.07, 6.45) is 0.802. The topological polar surface area (TPSA) is 98.5 Å². The number of nitrogens with one attached hydrogen (secondary N) is 1. The second kappa shape index (κ2) is 6.44. The van der Waals surface area contributed by atoms with Crippen molar-refractivity contribution in [3.05, 3.63) is 23.8 Å². The number of sulfonamides is 1. The lowest BCUT2D eigenvalue weighted by atomic mass is 9.92. The molecule has 6 nitrogen and oxygen atoms in total. The highest BCUT2D eigenvalue weighted by molar-refractivity contribution is 7.89. The van der Waals surface area contributed by atoms with Crippen LogP contribution in [0.3, 0.4) is 0 Å². The van der Waals surface area contributed by atoms with Gasteiger partial charge >= 0.3 is 0 Å². The molecule has 1 aromatic carbocycles. The van der Waals surface area contributed by atoms with Gasteiger partial charge in [0.25, 0.3) is 5.91 Å². The Hall–Kier alpha value is -1.60. The fourth-order valence-electron chi connectivity index (χ4n) is 1.69. The molecule has 0 bridgehead atoms. The Balaban J connectivity index is 2.96. The van der Waals surface area contributed by atoms with Gasteiger partial charge in [-0.3, -0.25) is 4.79 Å². The molecule has 0 unspecified atom stereocenters. The molecule has 7 heteroatoms. The summed E-state index contributed by atoms with van der Waals surface area (Å²) in [6, 6.07) is 3.94. The molecule has 1 aromatic rings. The number of amides is 1. The van der Waals surface area contributed by atoms with Crippen molar-refractivity contribution < 1.29 is 17.9 Å². The van der Waals surface area contributed by atoms with Gasteiger partial charge in [-0.25, -0.2) is 13.6 Å². The molecule has 1 amide bonds. The summed E-state index contributed by atoms with van der Waals surface area (Å²) in [6.45, 7) is 6.70. The Morgan fingerprint density at radius 2 is 1.95 bits per heavy atom. The average Bonchev–Trinajstić information content (AvgIpc) is 2.35. The number of hydrogen-bond acceptors (Lipinski definition) is 4. The lowest BCUT2D eigenvalue weighted by Gasteiger charge is -2.18. The van der Waals surface area contributed by atoms with Crippen LogP contribution in [0.25, 0.3) is 0 Å². The number of primary sulfonamides is 1. The predicted octanol–water partition coefficient (Wildman–Crippen LogP) is 1.51. The van der Waals surface area contributed by atoms with Crippen LogP contribution >= 0.6 is 0 Å². The smallest absolute Gasteiger partial charge is 0.255 e. The molecule has 0 fully saturated rings. The normalized spacial score (nSPS) is 12.0. The number of ether oxygens (including phenoxy) is 1. The van der Waals surface area contributed by atoms with Crippen LogP contribution in [0.15, 0.2) is 23.1 Å². The van der Waals surface area contributed by atoms with Gasteiger partial charge in [0.15, 0.2) is 0 Å². The maximum atomic E-state index is 12.2. The van der Waals surface area contributed by atoms with Crippen molar-refractivity contribution >= 4 is 15.9 Å². The van der Waals surface area contributed by atoms with Crippen molar-refractivity contribution in [1.29, 1.82) is 0 Å². The molecule has 0 spiro atoms. The first-order valence-electron chi connectivity index (χ1n) is 6.53. The lowest BCUT2D eigenvalue weighted by Crippen LogP contribution is -2.28. The van der Waals surface area contributed by atoms with Crippen LogP contribution in [0.1, 0.15) is 37.6 Å². The number of carbonyl (C=O) groups excluding carboxylic acids is 1. The van der Waals surface area contributed by atoms with E-state index in [0.29, 0.717) is 12.3 Å². The molecule has 21 heavy (non-hydrogen) atoms. The van der Waals surface area contributed by atoms with E-state index in [1.165, 1.54) is 25.3 Å². The molecular formula is C14H22N2O4S. The number of carbonyl (C=O) groups is 1. The van der Waals surface area contributed by atoms with Crippen LogP contribution < -0.4 is 15.2 Å². The van der Waals surface area contributed by atoms with E-state index in [4.69, 9.17) is 9.88 Å². The van der Waals surface area contributed by atoms with Crippen molar-refractivity contribution in [2.45, 2.75) is 32.1 Å². The fourth-order valence-corrected chi connectivity index (χ4v) is 2.23. The van der Waals surface area contributed by atoms with Crippen molar-refractivity contribution in [3.8, 4) is 5.75 Å². The summed E-state index contributed by atoms with van der Waals surface area (Å²) in [5.41, 5.74) is 0.248. The van der Waals surface area contributed by atoms with Crippen LogP contribution in [0.5, 0.6) is 5.75 Å². The van der Waals surface area contributed by atoms with E-state index in [1.807, 2.05) is 0 Å². The molecule has 0 saturated heterocycles. The molecule has 118 valence electrons. The zero-order chi connectivity index (χ0) is 16.3. The van der Waals surface area contributed by atoms with Crippen LogP contribution in [0.4, 0.5) is 0 Å². The zero-order valence-electron chi connectivity index (χ0n) is 12.8. The van der Waals surface area contributed by atoms with Crippen LogP contribution in [0.2, 0.25) is 0 Å². The van der Waals surface area contributed by atoms with Crippen molar-refractivity contribution in [2.24, 2.45) is 10.6 Å². The maximum Gasteiger partial charge on any atom is 0.255 e. The number of rotatable bonds is 5. The summed E-state index contributed by atoms with van der Waals surface area (Å²) in [7, 11) is -2.45. The zero-order valence-corrected chi connectivity index (χ0v) is 13.6. The number of methoxy groups -OCH3 is 1. The Kier molecular flexibility index (Phi) is 5.36. The van der Waals surface area contributed by atoms with Gasteiger partial charge in [0.05, 0.1) is 17.6 Å². The molecule has 3 N–H and O–H groups in total. The minimum atomic E-state index is -3.86. The minimum absolute atomic E-state index is 0.0970. The van der Waals surface area contributed by atoms with Crippen molar-refractivity contribution in [3.63, 3.8) is 0 Å². The maximum absolute atomic E-state index is 12.2. The minimum Gasteiger partial charge on any atom is -0.496 e. The third kappa shape index (κ3) is 5.35. The number of hydrogen-bond donors (Lipinski definition) is 2. The SMILES string of the molecule is COc1ccc(S(N)(=O)=O)cc1C(=O)NCCC(C)(C)C. The Bertz CT molecular complexity index is 618. The third-order valence-corrected chi connectivity index (χ3v) is 3.82. The molecule has 0 heterocycles. The molecule has 1 rings (SSSR count). The fraction of sp³-hybridized carbons (Fsp3) is 0.500. The molecule has 0 aromatic heterocycles. The first kappa shape index (κ1) is 17.5. The van der Waals surface area contributed by atoms with Crippen molar-refractivity contribution in [1.82, 2.24) is 5.32 Å². The van der Waals surface area contributed by atoms with Gasteiger partial charge in [-0.15, -0.1) is 0 Å². The summed E-state index contributed by atoms with van der Waals surface area (Å²) in [4.78, 5) is 12.0. The van der Waals surface area contributed by atoms with Gasteiger partial charge in [-0.05, 0) is 30.0 Å². The third-order valence-electron chi connectivity index (χ3n) is 2.90. The summed E-state index contributed by atoms with van der Waals surface area (Å²) in [5.74, 6) is -0.0859. The van der Waals surface area contributed by atoms with Gasteiger partial charge in [0.2, 0.25) is 10.0 Å². The highest BCUT2D eigenvalue weighted by Gasteiger charge is 2.18. The number of nitrogens with two attached hydrogens (primary N) is 1. The molecule has 0 atom stereocenters. The van der Waals surface area contributed by atoms with Gasteiger partial charge in [0.1, 0.15) is 5.75 Å². The van der Waals surface area contributed by atoms with Gasteiger partial charge in [-0.2, -0.15) is 0 Å². The van der Waals surface area contributed by atoms with Gasteiger partial charge in [-0.1, -0.05) is 20.8 Å². The van der Waals surface area contributed by atoms with E-state index < -0.39 is 10.0 Å². The summed E-state index contributed by atoms with van der Waals surface area (Å²) >= 11 is 0. The van der Waals surface area contributed by atoms with Crippen LogP contribution in [0, 0.1) is 5.41 Å². The van der Waals surface area contributed by atoms with Gasteiger partial charge in [0, 0.05) is 6.54 Å². The second-order valence-electron chi connectivity index (χ2n) is 5.97. The largest absolute Gasteiger partial charge is 0.496 e.